The summed E-state index contributed by atoms with van der Waals surface area (Å²) < 4.78 is 8.45. The number of rotatable bonds is 6. The van der Waals surface area contributed by atoms with Gasteiger partial charge in [0, 0.05) is 4.75 Å². The van der Waals surface area contributed by atoms with Crippen molar-refractivity contribution in [1.29, 1.82) is 0 Å². The molecule has 0 aliphatic carbocycles. The SMILES string of the molecule is CC(C)(SC(=O)OCOC(=O)c1ccccc1)[C@@H](N)C(=O)O. The summed E-state index contributed by atoms with van der Waals surface area (Å²) >= 11 is 0.628. The molecule has 120 valence electrons. The molecule has 8 heteroatoms. The van der Waals surface area contributed by atoms with E-state index in [0.717, 1.165) is 0 Å². The second kappa shape index (κ2) is 7.81. The van der Waals surface area contributed by atoms with Gasteiger partial charge in [0.15, 0.2) is 0 Å². The molecular weight excluding hydrogens is 310 g/mol. The maximum absolute atomic E-state index is 11.6. The number of carbonyl (C=O) groups excluding carboxylic acids is 2. The predicted molar refractivity (Wildman–Crippen MR) is 80.5 cm³/mol. The van der Waals surface area contributed by atoms with E-state index in [2.05, 4.69) is 0 Å². The van der Waals surface area contributed by atoms with Crippen LogP contribution < -0.4 is 5.73 Å². The van der Waals surface area contributed by atoms with E-state index in [1.54, 1.807) is 30.3 Å². The molecule has 0 bridgehead atoms. The number of carboxylic acids is 1. The van der Waals surface area contributed by atoms with Crippen LogP contribution in [0.15, 0.2) is 30.3 Å². The summed E-state index contributed by atoms with van der Waals surface area (Å²) in [6.07, 6.45) is 0. The van der Waals surface area contributed by atoms with Crippen LogP contribution in [0.5, 0.6) is 0 Å². The largest absolute Gasteiger partial charge is 0.480 e. The van der Waals surface area contributed by atoms with Crippen molar-refractivity contribution < 1.29 is 29.0 Å². The van der Waals surface area contributed by atoms with Gasteiger partial charge in [-0.2, -0.15) is 0 Å². The van der Waals surface area contributed by atoms with Crippen molar-refractivity contribution in [3.05, 3.63) is 35.9 Å². The third-order valence-corrected chi connectivity index (χ3v) is 3.80. The number of ether oxygens (including phenoxy) is 2. The van der Waals surface area contributed by atoms with Gasteiger partial charge >= 0.3 is 17.2 Å². The van der Waals surface area contributed by atoms with E-state index < -0.39 is 34.8 Å². The molecule has 0 amide bonds. The highest BCUT2D eigenvalue weighted by Gasteiger charge is 2.35. The Morgan fingerprint density at radius 1 is 1.23 bits per heavy atom. The molecule has 0 aliphatic heterocycles. The van der Waals surface area contributed by atoms with E-state index in [1.807, 2.05) is 0 Å². The maximum atomic E-state index is 11.6. The number of esters is 1. The topological polar surface area (TPSA) is 116 Å². The Morgan fingerprint density at radius 3 is 2.36 bits per heavy atom. The summed E-state index contributed by atoms with van der Waals surface area (Å²) in [6, 6.07) is 6.99. The summed E-state index contributed by atoms with van der Waals surface area (Å²) in [5.41, 5.74) is 5.81. The number of thioether (sulfide) groups is 1. The lowest BCUT2D eigenvalue weighted by molar-refractivity contribution is -0.139. The third kappa shape index (κ3) is 5.38. The quantitative estimate of drug-likeness (QED) is 0.601. The average molecular weight is 327 g/mol. The molecule has 0 spiro atoms. The first-order chi connectivity index (χ1) is 10.2. The normalized spacial score (nSPS) is 12.3. The summed E-state index contributed by atoms with van der Waals surface area (Å²) in [4.78, 5) is 34.0. The molecule has 1 aromatic rings. The van der Waals surface area contributed by atoms with Crippen LogP contribution in [0.3, 0.4) is 0 Å². The molecule has 0 heterocycles. The molecular formula is C14H17NO6S. The lowest BCUT2D eigenvalue weighted by Gasteiger charge is -2.26. The minimum atomic E-state index is -1.24. The van der Waals surface area contributed by atoms with Crippen LogP contribution in [0, 0.1) is 0 Å². The second-order valence-electron chi connectivity index (χ2n) is 4.83. The van der Waals surface area contributed by atoms with Gasteiger partial charge in [0.1, 0.15) is 6.04 Å². The van der Waals surface area contributed by atoms with Crippen LogP contribution in [0.2, 0.25) is 0 Å². The Balaban J connectivity index is 2.41. The first-order valence-electron chi connectivity index (χ1n) is 6.30. The number of hydrogen-bond donors (Lipinski definition) is 2. The van der Waals surface area contributed by atoms with E-state index in [0.29, 0.717) is 17.3 Å². The van der Waals surface area contributed by atoms with Crippen LogP contribution >= 0.6 is 11.8 Å². The fourth-order valence-electron chi connectivity index (χ4n) is 1.39. The Bertz CT molecular complexity index is 546. The minimum absolute atomic E-state index is 0.333. The molecule has 0 aliphatic rings. The van der Waals surface area contributed by atoms with E-state index in [4.69, 9.17) is 20.3 Å². The van der Waals surface area contributed by atoms with Crippen molar-refractivity contribution >= 4 is 29.0 Å². The van der Waals surface area contributed by atoms with Gasteiger partial charge in [-0.05, 0) is 37.7 Å². The number of hydrogen-bond acceptors (Lipinski definition) is 7. The van der Waals surface area contributed by atoms with Crippen molar-refractivity contribution in [3.8, 4) is 0 Å². The van der Waals surface area contributed by atoms with Crippen molar-refractivity contribution in [2.45, 2.75) is 24.6 Å². The molecule has 0 unspecified atom stereocenters. The first kappa shape index (κ1) is 18.0. The van der Waals surface area contributed by atoms with Gasteiger partial charge in [0.05, 0.1) is 5.56 Å². The first-order valence-corrected chi connectivity index (χ1v) is 7.12. The molecule has 0 saturated carbocycles. The van der Waals surface area contributed by atoms with Crippen LogP contribution in [-0.2, 0) is 14.3 Å². The number of aliphatic carboxylic acids is 1. The van der Waals surface area contributed by atoms with Gasteiger partial charge in [-0.25, -0.2) is 9.59 Å². The Labute approximate surface area is 131 Å². The van der Waals surface area contributed by atoms with Crippen LogP contribution in [0.25, 0.3) is 0 Å². The molecule has 1 rings (SSSR count). The predicted octanol–water partition coefficient (Wildman–Crippen LogP) is 1.86. The summed E-state index contributed by atoms with van der Waals surface area (Å²) in [7, 11) is 0. The molecule has 3 N–H and O–H groups in total. The van der Waals surface area contributed by atoms with Gasteiger partial charge in [-0.15, -0.1) is 0 Å². The van der Waals surface area contributed by atoms with Crippen molar-refractivity contribution in [3.63, 3.8) is 0 Å². The van der Waals surface area contributed by atoms with Gasteiger partial charge in [0.25, 0.3) is 0 Å². The van der Waals surface area contributed by atoms with Gasteiger partial charge in [-0.1, -0.05) is 18.2 Å². The Morgan fingerprint density at radius 2 is 1.82 bits per heavy atom. The lowest BCUT2D eigenvalue weighted by atomic mass is 10.1. The zero-order valence-electron chi connectivity index (χ0n) is 12.1. The molecule has 0 saturated heterocycles. The maximum Gasteiger partial charge on any atom is 0.370 e. The molecule has 0 aromatic heterocycles. The van der Waals surface area contributed by atoms with Crippen LogP contribution in [-0.4, -0.2) is 39.9 Å². The van der Waals surface area contributed by atoms with Gasteiger partial charge in [0.2, 0.25) is 6.79 Å². The number of carboxylic acid groups (broad SMARTS) is 1. The van der Waals surface area contributed by atoms with Crippen LogP contribution in [0.4, 0.5) is 4.79 Å². The molecule has 0 fully saturated rings. The Kier molecular flexibility index (Phi) is 6.39. The fraction of sp³-hybridized carbons (Fsp3) is 0.357. The monoisotopic (exact) mass is 327 g/mol. The standard InChI is InChI=1S/C14H17NO6S/c1-14(2,10(15)11(16)17)22-13(19)21-8-20-12(18)9-6-4-3-5-7-9/h3-7,10H,8,15H2,1-2H3,(H,16,17)/t10-/m0/s1. The highest BCUT2D eigenvalue weighted by atomic mass is 32.2. The van der Waals surface area contributed by atoms with Crippen LogP contribution in [0.1, 0.15) is 24.2 Å². The highest BCUT2D eigenvalue weighted by molar-refractivity contribution is 8.14. The van der Waals surface area contributed by atoms with Crippen molar-refractivity contribution in [2.24, 2.45) is 5.73 Å². The van der Waals surface area contributed by atoms with E-state index in [9.17, 15) is 14.4 Å². The molecule has 1 aromatic carbocycles. The minimum Gasteiger partial charge on any atom is -0.480 e. The third-order valence-electron chi connectivity index (χ3n) is 2.74. The highest BCUT2D eigenvalue weighted by Crippen LogP contribution is 2.29. The number of benzene rings is 1. The van der Waals surface area contributed by atoms with Crippen molar-refractivity contribution in [2.75, 3.05) is 6.79 Å². The Hall–Kier alpha value is -2.06. The summed E-state index contributed by atoms with van der Waals surface area (Å²) in [6.45, 7) is 2.46. The summed E-state index contributed by atoms with van der Waals surface area (Å²) in [5, 5.41) is 8.07. The number of nitrogens with two attached hydrogens (primary N) is 1. The fourth-order valence-corrected chi connectivity index (χ4v) is 2.16. The summed E-state index contributed by atoms with van der Waals surface area (Å²) in [5.74, 6) is -1.85. The second-order valence-corrected chi connectivity index (χ2v) is 6.42. The number of carbonyl (C=O) groups is 3. The molecule has 1 atom stereocenters. The smallest absolute Gasteiger partial charge is 0.370 e. The molecule has 0 radical (unpaired) electrons. The zero-order chi connectivity index (χ0) is 16.8. The lowest BCUT2D eigenvalue weighted by Crippen LogP contribution is -2.47. The zero-order valence-corrected chi connectivity index (χ0v) is 13.0. The van der Waals surface area contributed by atoms with Crippen molar-refractivity contribution in [1.82, 2.24) is 0 Å². The van der Waals surface area contributed by atoms with E-state index in [-0.39, 0.29) is 0 Å². The molecule has 22 heavy (non-hydrogen) atoms. The molecule has 7 nitrogen and oxygen atoms in total. The average Bonchev–Trinajstić information content (AvgIpc) is 2.46. The van der Waals surface area contributed by atoms with Gasteiger partial charge < -0.3 is 20.3 Å². The van der Waals surface area contributed by atoms with E-state index >= 15 is 0 Å². The van der Waals surface area contributed by atoms with Gasteiger partial charge in [-0.3, -0.25) is 4.79 Å². The van der Waals surface area contributed by atoms with E-state index in [1.165, 1.54) is 13.8 Å².